The van der Waals surface area contributed by atoms with E-state index in [0.717, 1.165) is 85.7 Å². The van der Waals surface area contributed by atoms with Crippen molar-refractivity contribution in [3.8, 4) is 11.3 Å². The normalized spacial score (nSPS) is 29.9. The number of aromatic nitrogens is 3. The van der Waals surface area contributed by atoms with Crippen molar-refractivity contribution in [2.24, 2.45) is 0 Å². The number of ether oxygens (including phenoxy) is 1. The van der Waals surface area contributed by atoms with Crippen LogP contribution < -0.4 is 15.5 Å². The van der Waals surface area contributed by atoms with Gasteiger partial charge in [0.1, 0.15) is 5.52 Å². The SMILES string of the molecule is CC(C)n1cnc2cc(-c3ccc4c(c3)N(C3CC(N5CC6CC[C@@H](C5)O6)C3)C(=O)C43CCNCC3)nc(NC3CC3)c21. The van der Waals surface area contributed by atoms with E-state index in [4.69, 9.17) is 14.7 Å². The highest BCUT2D eigenvalue weighted by Crippen LogP contribution is 2.51. The number of morpholine rings is 1. The van der Waals surface area contributed by atoms with Crippen molar-refractivity contribution in [2.45, 2.75) is 107 Å². The molecule has 9 rings (SSSR count). The van der Waals surface area contributed by atoms with Gasteiger partial charge in [0.25, 0.3) is 0 Å². The summed E-state index contributed by atoms with van der Waals surface area (Å²) < 4.78 is 8.33. The number of benzene rings is 1. The van der Waals surface area contributed by atoms with Crippen LogP contribution in [-0.4, -0.2) is 81.9 Å². The van der Waals surface area contributed by atoms with E-state index in [0.29, 0.717) is 36.2 Å². The van der Waals surface area contributed by atoms with Crippen molar-refractivity contribution >= 4 is 28.4 Å². The van der Waals surface area contributed by atoms with Crippen LogP contribution in [0.15, 0.2) is 30.6 Å². The number of carbonyl (C=O) groups is 1. The number of fused-ring (bicyclic) bond motifs is 5. The van der Waals surface area contributed by atoms with Gasteiger partial charge in [-0.25, -0.2) is 9.97 Å². The van der Waals surface area contributed by atoms with Gasteiger partial charge in [-0.1, -0.05) is 12.1 Å². The molecule has 6 heterocycles. The standard InChI is InChI=1S/C34H43N7O2/c1-20(2)40-19-36-29-16-28(38-32(31(29)40)37-22-4-5-22)21-3-8-27-30(13-21)41(33(42)34(27)9-11-35-12-10-34)24-14-23(15-24)39-17-25-6-7-26(18-39)43-25/h3,8,13,16,19-20,22-26,35H,4-7,9-12,14-15,17-18H2,1-2H3,(H,37,38)/t23?,24?,25-,26?/m0/s1. The molecule has 1 amide bonds. The second-order valence-corrected chi connectivity index (χ2v) is 14.3. The first kappa shape index (κ1) is 26.4. The second-order valence-electron chi connectivity index (χ2n) is 14.3. The van der Waals surface area contributed by atoms with Gasteiger partial charge in [-0.05, 0) is 96.0 Å². The number of nitrogens with one attached hydrogen (secondary N) is 2. The van der Waals surface area contributed by atoms with Gasteiger partial charge in [-0.3, -0.25) is 9.69 Å². The minimum atomic E-state index is -0.408. The summed E-state index contributed by atoms with van der Waals surface area (Å²) >= 11 is 0. The fraction of sp³-hybridized carbons (Fsp3) is 0.618. The molecule has 2 aliphatic carbocycles. The van der Waals surface area contributed by atoms with Crippen molar-refractivity contribution in [3.63, 3.8) is 0 Å². The fourth-order valence-corrected chi connectivity index (χ4v) is 8.58. The molecule has 2 atom stereocenters. The molecule has 1 spiro atoms. The number of amides is 1. The average Bonchev–Trinajstić information content (AvgIpc) is 3.52. The van der Waals surface area contributed by atoms with Crippen LogP contribution in [0.25, 0.3) is 22.3 Å². The van der Waals surface area contributed by atoms with Crippen molar-refractivity contribution in [1.82, 2.24) is 24.8 Å². The number of hydrogen-bond donors (Lipinski definition) is 2. The lowest BCUT2D eigenvalue weighted by molar-refractivity contribution is -0.125. The Morgan fingerprint density at radius 1 is 1.02 bits per heavy atom. The summed E-state index contributed by atoms with van der Waals surface area (Å²) in [5, 5.41) is 7.19. The fourth-order valence-electron chi connectivity index (χ4n) is 8.58. The molecule has 3 aromatic rings. The second kappa shape index (κ2) is 9.74. The number of anilines is 2. The van der Waals surface area contributed by atoms with Crippen LogP contribution in [0.4, 0.5) is 11.5 Å². The molecule has 9 nitrogen and oxygen atoms in total. The van der Waals surface area contributed by atoms with E-state index in [1.165, 1.54) is 31.2 Å². The minimum absolute atomic E-state index is 0.255. The molecular weight excluding hydrogens is 538 g/mol. The molecule has 226 valence electrons. The molecule has 3 saturated heterocycles. The highest BCUT2D eigenvalue weighted by atomic mass is 16.5. The Kier molecular flexibility index (Phi) is 5.98. The molecular formula is C34H43N7O2. The van der Waals surface area contributed by atoms with Gasteiger partial charge in [0.2, 0.25) is 5.91 Å². The van der Waals surface area contributed by atoms with Crippen LogP contribution in [0.1, 0.15) is 76.8 Å². The van der Waals surface area contributed by atoms with E-state index in [9.17, 15) is 4.79 Å². The van der Waals surface area contributed by atoms with Crippen LogP contribution >= 0.6 is 0 Å². The van der Waals surface area contributed by atoms with Crippen LogP contribution in [0, 0.1) is 0 Å². The van der Waals surface area contributed by atoms with Crippen molar-refractivity contribution in [1.29, 1.82) is 0 Å². The lowest BCUT2D eigenvalue weighted by Gasteiger charge is -2.49. The number of rotatable bonds is 6. The van der Waals surface area contributed by atoms with Gasteiger partial charge in [-0.15, -0.1) is 0 Å². The third kappa shape index (κ3) is 4.18. The van der Waals surface area contributed by atoms with Crippen molar-refractivity contribution < 1.29 is 9.53 Å². The maximum Gasteiger partial charge on any atom is 0.238 e. The Morgan fingerprint density at radius 3 is 2.51 bits per heavy atom. The first-order valence-corrected chi connectivity index (χ1v) is 16.7. The maximum atomic E-state index is 14.5. The number of hydrogen-bond acceptors (Lipinski definition) is 7. The summed E-state index contributed by atoms with van der Waals surface area (Å²) in [5.41, 5.74) is 5.94. The first-order chi connectivity index (χ1) is 21.0. The highest BCUT2D eigenvalue weighted by Gasteiger charge is 2.55. The Morgan fingerprint density at radius 2 is 1.79 bits per heavy atom. The Labute approximate surface area is 253 Å². The minimum Gasteiger partial charge on any atom is -0.372 e. The summed E-state index contributed by atoms with van der Waals surface area (Å²) in [5.74, 6) is 1.24. The molecule has 9 heteroatoms. The molecule has 2 N–H and O–H groups in total. The van der Waals surface area contributed by atoms with Gasteiger partial charge in [0.05, 0.1) is 35.2 Å². The maximum absolute atomic E-state index is 14.5. The first-order valence-electron chi connectivity index (χ1n) is 16.7. The molecule has 5 fully saturated rings. The summed E-state index contributed by atoms with van der Waals surface area (Å²) in [4.78, 5) is 29.3. The number of carbonyl (C=O) groups excluding carboxylic acids is 1. The van der Waals surface area contributed by atoms with Crippen molar-refractivity contribution in [2.75, 3.05) is 36.4 Å². The topological polar surface area (TPSA) is 87.6 Å². The number of imidazole rings is 1. The monoisotopic (exact) mass is 581 g/mol. The lowest BCUT2D eigenvalue weighted by atomic mass is 9.74. The molecule has 2 aromatic heterocycles. The van der Waals surface area contributed by atoms with Gasteiger partial charge >= 0.3 is 0 Å². The van der Waals surface area contributed by atoms with Crippen LogP contribution in [0.2, 0.25) is 0 Å². The Balaban J connectivity index is 1.07. The molecule has 2 saturated carbocycles. The predicted octanol–water partition coefficient (Wildman–Crippen LogP) is 4.62. The highest BCUT2D eigenvalue weighted by molar-refractivity contribution is 6.09. The average molecular weight is 582 g/mol. The molecule has 4 aliphatic heterocycles. The van der Waals surface area contributed by atoms with Gasteiger partial charge in [0.15, 0.2) is 5.82 Å². The molecule has 0 radical (unpaired) electrons. The number of pyridine rings is 1. The number of nitrogens with zero attached hydrogens (tertiary/aromatic N) is 5. The smallest absolute Gasteiger partial charge is 0.238 e. The zero-order valence-electron chi connectivity index (χ0n) is 25.4. The molecule has 1 aromatic carbocycles. The summed E-state index contributed by atoms with van der Waals surface area (Å²) in [6.45, 7) is 8.25. The number of piperidine rings is 1. The largest absolute Gasteiger partial charge is 0.372 e. The van der Waals surface area contributed by atoms with E-state index < -0.39 is 5.41 Å². The molecule has 1 unspecified atom stereocenters. The summed E-state index contributed by atoms with van der Waals surface area (Å²) in [6.07, 6.45) is 11.4. The van der Waals surface area contributed by atoms with E-state index in [1.54, 1.807) is 0 Å². The predicted molar refractivity (Wildman–Crippen MR) is 168 cm³/mol. The third-order valence-electron chi connectivity index (χ3n) is 11.2. The van der Waals surface area contributed by atoms with Crippen LogP contribution in [0.5, 0.6) is 0 Å². The van der Waals surface area contributed by atoms with E-state index in [-0.39, 0.29) is 6.04 Å². The molecule has 6 aliphatic rings. The number of likely N-dealkylation sites (tertiary alicyclic amines) is 1. The summed E-state index contributed by atoms with van der Waals surface area (Å²) in [6, 6.07) is 10.4. The quantitative estimate of drug-likeness (QED) is 0.440. The summed E-state index contributed by atoms with van der Waals surface area (Å²) in [7, 11) is 0. The zero-order valence-corrected chi connectivity index (χ0v) is 25.4. The Bertz CT molecular complexity index is 1570. The lowest BCUT2D eigenvalue weighted by Crippen LogP contribution is -2.60. The van der Waals surface area contributed by atoms with Gasteiger partial charge in [0, 0.05) is 48.5 Å². The van der Waals surface area contributed by atoms with Crippen LogP contribution in [0.3, 0.4) is 0 Å². The molecule has 43 heavy (non-hydrogen) atoms. The van der Waals surface area contributed by atoms with Gasteiger partial charge in [-0.2, -0.15) is 0 Å². The Hall–Kier alpha value is -3.01. The third-order valence-corrected chi connectivity index (χ3v) is 11.2. The van der Waals surface area contributed by atoms with Gasteiger partial charge < -0.3 is 24.8 Å². The van der Waals surface area contributed by atoms with E-state index >= 15 is 0 Å². The van der Waals surface area contributed by atoms with Crippen molar-refractivity contribution in [3.05, 3.63) is 36.2 Å². The molecule has 2 bridgehead atoms. The van der Waals surface area contributed by atoms with Crippen LogP contribution in [-0.2, 0) is 14.9 Å². The zero-order chi connectivity index (χ0) is 28.9. The van der Waals surface area contributed by atoms with E-state index in [2.05, 4.69) is 63.1 Å². The van der Waals surface area contributed by atoms with E-state index in [1.807, 2.05) is 6.33 Å².